The Balaban J connectivity index is 1.70. The highest BCUT2D eigenvalue weighted by molar-refractivity contribution is 9.10. The first-order chi connectivity index (χ1) is 10.1. The lowest BCUT2D eigenvalue weighted by Gasteiger charge is -2.18. The van der Waals surface area contributed by atoms with Gasteiger partial charge in [0, 0.05) is 10.9 Å². The molecule has 0 fully saturated rings. The minimum absolute atomic E-state index is 0.0751. The van der Waals surface area contributed by atoms with Gasteiger partial charge >= 0.3 is 0 Å². The Bertz CT molecular complexity index is 671. The number of fused-ring (bicyclic) bond motifs is 1. The smallest absolute Gasteiger partial charge is 0.224 e. The summed E-state index contributed by atoms with van der Waals surface area (Å²) in [7, 11) is 0. The standard InChI is InChI=1S/C17H16BrNO2/c18-13-6-3-4-11(8-13)9-16(21)19-17-14-7-2-1-5-12(14)10-15(17)20/h1-8,15,17,20H,9-10H2,(H,19,21). The molecule has 21 heavy (non-hydrogen) atoms. The maximum Gasteiger partial charge on any atom is 0.224 e. The maximum absolute atomic E-state index is 12.2. The molecule has 3 nitrogen and oxygen atoms in total. The molecule has 2 aromatic rings. The number of halogens is 1. The third kappa shape index (κ3) is 3.17. The third-order valence-electron chi connectivity index (χ3n) is 3.77. The summed E-state index contributed by atoms with van der Waals surface area (Å²) >= 11 is 3.40. The molecule has 0 bridgehead atoms. The minimum atomic E-state index is -0.547. The first-order valence-corrected chi connectivity index (χ1v) is 7.72. The fourth-order valence-corrected chi connectivity index (χ4v) is 3.25. The van der Waals surface area contributed by atoms with E-state index in [2.05, 4.69) is 21.2 Å². The van der Waals surface area contributed by atoms with Crippen molar-refractivity contribution in [1.29, 1.82) is 0 Å². The highest BCUT2D eigenvalue weighted by Gasteiger charge is 2.31. The van der Waals surface area contributed by atoms with Gasteiger partial charge in [-0.05, 0) is 28.8 Å². The molecule has 108 valence electrons. The number of hydrogen-bond acceptors (Lipinski definition) is 2. The van der Waals surface area contributed by atoms with E-state index in [4.69, 9.17) is 0 Å². The van der Waals surface area contributed by atoms with Crippen molar-refractivity contribution >= 4 is 21.8 Å². The van der Waals surface area contributed by atoms with Gasteiger partial charge in [-0.2, -0.15) is 0 Å². The third-order valence-corrected chi connectivity index (χ3v) is 4.27. The summed E-state index contributed by atoms with van der Waals surface area (Å²) in [5, 5.41) is 13.1. The average molecular weight is 346 g/mol. The normalized spacial score (nSPS) is 20.1. The van der Waals surface area contributed by atoms with Crippen molar-refractivity contribution in [3.8, 4) is 0 Å². The molecule has 2 aromatic carbocycles. The van der Waals surface area contributed by atoms with E-state index >= 15 is 0 Å². The Morgan fingerprint density at radius 2 is 2.05 bits per heavy atom. The van der Waals surface area contributed by atoms with Crippen LogP contribution in [-0.2, 0) is 17.6 Å². The number of rotatable bonds is 3. The van der Waals surface area contributed by atoms with Gasteiger partial charge in [0.1, 0.15) is 0 Å². The highest BCUT2D eigenvalue weighted by atomic mass is 79.9. The van der Waals surface area contributed by atoms with Gasteiger partial charge in [-0.25, -0.2) is 0 Å². The summed E-state index contributed by atoms with van der Waals surface area (Å²) in [5.41, 5.74) is 3.08. The Morgan fingerprint density at radius 3 is 2.86 bits per heavy atom. The molecule has 1 amide bonds. The number of aliphatic hydroxyl groups is 1. The van der Waals surface area contributed by atoms with E-state index in [1.165, 1.54) is 0 Å². The zero-order valence-corrected chi connectivity index (χ0v) is 13.0. The van der Waals surface area contributed by atoms with Gasteiger partial charge in [0.15, 0.2) is 0 Å². The quantitative estimate of drug-likeness (QED) is 0.898. The molecule has 1 aliphatic carbocycles. The second kappa shape index (κ2) is 6.00. The van der Waals surface area contributed by atoms with Crippen LogP contribution in [0.1, 0.15) is 22.7 Å². The van der Waals surface area contributed by atoms with Crippen LogP contribution in [0.25, 0.3) is 0 Å². The predicted octanol–water partition coefficient (Wildman–Crippen LogP) is 2.77. The van der Waals surface area contributed by atoms with Crippen LogP contribution in [0, 0.1) is 0 Å². The number of aliphatic hydroxyl groups excluding tert-OH is 1. The maximum atomic E-state index is 12.2. The molecule has 0 aromatic heterocycles. The number of carbonyl (C=O) groups is 1. The minimum Gasteiger partial charge on any atom is -0.390 e. The van der Waals surface area contributed by atoms with Gasteiger partial charge in [-0.1, -0.05) is 52.3 Å². The molecule has 0 saturated heterocycles. The summed E-state index contributed by atoms with van der Waals surface area (Å²) in [6, 6.07) is 15.2. The van der Waals surface area contributed by atoms with E-state index in [-0.39, 0.29) is 11.9 Å². The first kappa shape index (κ1) is 14.3. The van der Waals surface area contributed by atoms with Gasteiger partial charge in [-0.15, -0.1) is 0 Å². The highest BCUT2D eigenvalue weighted by Crippen LogP contribution is 2.31. The van der Waals surface area contributed by atoms with Crippen LogP contribution in [0.4, 0.5) is 0 Å². The van der Waals surface area contributed by atoms with Crippen LogP contribution in [0.2, 0.25) is 0 Å². The van der Waals surface area contributed by atoms with Gasteiger partial charge in [-0.3, -0.25) is 4.79 Å². The van der Waals surface area contributed by atoms with E-state index in [0.717, 1.165) is 21.2 Å². The lowest BCUT2D eigenvalue weighted by molar-refractivity contribution is -0.121. The number of carbonyl (C=O) groups excluding carboxylic acids is 1. The summed E-state index contributed by atoms with van der Waals surface area (Å²) in [5.74, 6) is -0.0751. The Hall–Kier alpha value is -1.65. The SMILES string of the molecule is O=C(Cc1cccc(Br)c1)NC1c2ccccc2CC1O. The van der Waals surface area contributed by atoms with Gasteiger partial charge in [0.25, 0.3) is 0 Å². The number of amides is 1. The topological polar surface area (TPSA) is 49.3 Å². The van der Waals surface area contributed by atoms with Crippen molar-refractivity contribution < 1.29 is 9.90 Å². The zero-order chi connectivity index (χ0) is 14.8. The Morgan fingerprint density at radius 1 is 1.24 bits per heavy atom. The van der Waals surface area contributed by atoms with Gasteiger partial charge < -0.3 is 10.4 Å². The molecule has 2 unspecified atom stereocenters. The number of hydrogen-bond donors (Lipinski definition) is 2. The Labute approximate surface area is 132 Å². The van der Waals surface area contributed by atoms with E-state index in [1.807, 2.05) is 48.5 Å². The summed E-state index contributed by atoms with van der Waals surface area (Å²) in [4.78, 5) is 12.2. The summed E-state index contributed by atoms with van der Waals surface area (Å²) in [6.07, 6.45) is 0.358. The predicted molar refractivity (Wildman–Crippen MR) is 84.9 cm³/mol. The molecular weight excluding hydrogens is 330 g/mol. The van der Waals surface area contributed by atoms with Gasteiger partial charge in [0.05, 0.1) is 18.6 Å². The Kier molecular flexibility index (Phi) is 4.08. The molecule has 4 heteroatoms. The van der Waals surface area contributed by atoms with Crippen LogP contribution >= 0.6 is 15.9 Å². The molecule has 0 saturated carbocycles. The van der Waals surface area contributed by atoms with Crippen molar-refractivity contribution in [3.05, 3.63) is 69.7 Å². The van der Waals surface area contributed by atoms with Crippen molar-refractivity contribution in [1.82, 2.24) is 5.32 Å². The van der Waals surface area contributed by atoms with Crippen LogP contribution < -0.4 is 5.32 Å². The molecule has 0 spiro atoms. The molecular formula is C17H16BrNO2. The first-order valence-electron chi connectivity index (χ1n) is 6.93. The fourth-order valence-electron chi connectivity index (χ4n) is 2.80. The molecule has 0 heterocycles. The van der Waals surface area contributed by atoms with E-state index in [9.17, 15) is 9.90 Å². The van der Waals surface area contributed by atoms with Crippen LogP contribution in [0.3, 0.4) is 0 Å². The second-order valence-corrected chi connectivity index (χ2v) is 6.24. The molecule has 0 aliphatic heterocycles. The molecule has 2 atom stereocenters. The number of nitrogens with one attached hydrogen (secondary N) is 1. The average Bonchev–Trinajstić information content (AvgIpc) is 2.75. The molecule has 3 rings (SSSR count). The molecule has 0 radical (unpaired) electrons. The van der Waals surface area contributed by atoms with Crippen LogP contribution in [0.15, 0.2) is 53.0 Å². The molecule has 2 N–H and O–H groups in total. The van der Waals surface area contributed by atoms with E-state index in [0.29, 0.717) is 12.8 Å². The fraction of sp³-hybridized carbons (Fsp3) is 0.235. The summed E-state index contributed by atoms with van der Waals surface area (Å²) in [6.45, 7) is 0. The molecule has 1 aliphatic rings. The number of benzene rings is 2. The zero-order valence-electron chi connectivity index (χ0n) is 11.4. The van der Waals surface area contributed by atoms with E-state index < -0.39 is 6.10 Å². The van der Waals surface area contributed by atoms with E-state index in [1.54, 1.807) is 0 Å². The largest absolute Gasteiger partial charge is 0.390 e. The monoisotopic (exact) mass is 345 g/mol. The van der Waals surface area contributed by atoms with Crippen molar-refractivity contribution in [2.24, 2.45) is 0 Å². The van der Waals surface area contributed by atoms with Crippen molar-refractivity contribution in [3.63, 3.8) is 0 Å². The van der Waals surface area contributed by atoms with Gasteiger partial charge in [0.2, 0.25) is 5.91 Å². The summed E-state index contributed by atoms with van der Waals surface area (Å²) < 4.78 is 0.957. The van der Waals surface area contributed by atoms with Crippen molar-refractivity contribution in [2.45, 2.75) is 25.0 Å². The van der Waals surface area contributed by atoms with Crippen molar-refractivity contribution in [2.75, 3.05) is 0 Å². The lowest BCUT2D eigenvalue weighted by atomic mass is 10.1. The lowest BCUT2D eigenvalue weighted by Crippen LogP contribution is -2.34. The second-order valence-electron chi connectivity index (χ2n) is 5.32. The van der Waals surface area contributed by atoms with Crippen LogP contribution in [0.5, 0.6) is 0 Å². The van der Waals surface area contributed by atoms with Crippen LogP contribution in [-0.4, -0.2) is 17.1 Å².